The van der Waals surface area contributed by atoms with E-state index in [0.717, 1.165) is 18.9 Å². The molecule has 1 aromatic heterocycles. The molecule has 7 heteroatoms. The highest BCUT2D eigenvalue weighted by Crippen LogP contribution is 2.41. The molecule has 1 heterocycles. The van der Waals surface area contributed by atoms with Crippen LogP contribution in [0.25, 0.3) is 0 Å². The van der Waals surface area contributed by atoms with E-state index < -0.39 is 17.4 Å². The minimum atomic E-state index is -4.48. The summed E-state index contributed by atoms with van der Waals surface area (Å²) in [5, 5.41) is 18.9. The average molecular weight is 261 g/mol. The predicted molar refractivity (Wildman–Crippen MR) is 58.9 cm³/mol. The van der Waals surface area contributed by atoms with Crippen LogP contribution >= 0.6 is 0 Å². The van der Waals surface area contributed by atoms with E-state index in [0.29, 0.717) is 5.92 Å². The molecule has 0 aliphatic heterocycles. The molecule has 2 rings (SSSR count). The third kappa shape index (κ3) is 2.72. The lowest BCUT2D eigenvalue weighted by Crippen LogP contribution is -2.41. The van der Waals surface area contributed by atoms with Crippen LogP contribution in [0.15, 0.2) is 12.1 Å². The minimum Gasteiger partial charge on any atom is -0.394 e. The highest BCUT2D eigenvalue weighted by Gasteiger charge is 2.41. The SMILES string of the molecule is CC(CO)(Nc1ccc(C(F)(F)F)nn1)C1CC1. The van der Waals surface area contributed by atoms with Crippen LogP contribution in [-0.2, 0) is 6.18 Å². The normalized spacial score (nSPS) is 19.4. The Morgan fingerprint density at radius 3 is 2.39 bits per heavy atom. The molecule has 1 aliphatic rings. The van der Waals surface area contributed by atoms with E-state index in [2.05, 4.69) is 15.5 Å². The molecule has 18 heavy (non-hydrogen) atoms. The van der Waals surface area contributed by atoms with Crippen LogP contribution in [0.4, 0.5) is 19.0 Å². The molecule has 0 amide bonds. The summed E-state index contributed by atoms with van der Waals surface area (Å²) in [6, 6.07) is 2.10. The van der Waals surface area contributed by atoms with Crippen LogP contribution in [-0.4, -0.2) is 27.4 Å². The summed E-state index contributed by atoms with van der Waals surface area (Å²) in [6.45, 7) is 1.73. The number of rotatable bonds is 4. The Balaban J connectivity index is 2.10. The molecule has 1 aliphatic carbocycles. The zero-order chi connectivity index (χ0) is 13.4. The number of aliphatic hydroxyl groups is 1. The topological polar surface area (TPSA) is 58.0 Å². The van der Waals surface area contributed by atoms with Gasteiger partial charge < -0.3 is 10.4 Å². The summed E-state index contributed by atoms with van der Waals surface area (Å²) in [7, 11) is 0. The lowest BCUT2D eigenvalue weighted by atomic mass is 9.97. The van der Waals surface area contributed by atoms with E-state index in [1.165, 1.54) is 6.07 Å². The van der Waals surface area contributed by atoms with E-state index in [1.807, 2.05) is 6.92 Å². The highest BCUT2D eigenvalue weighted by molar-refractivity contribution is 5.37. The Morgan fingerprint density at radius 1 is 1.33 bits per heavy atom. The molecule has 0 saturated heterocycles. The van der Waals surface area contributed by atoms with Crippen LogP contribution in [0, 0.1) is 5.92 Å². The molecular formula is C11H14F3N3O. The number of aromatic nitrogens is 2. The summed E-state index contributed by atoms with van der Waals surface area (Å²) in [5.41, 5.74) is -1.57. The number of alkyl halides is 3. The second kappa shape index (κ2) is 4.38. The first-order valence-corrected chi connectivity index (χ1v) is 5.65. The summed E-state index contributed by atoms with van der Waals surface area (Å²) in [5.74, 6) is 0.568. The first-order chi connectivity index (χ1) is 8.35. The number of nitrogens with one attached hydrogen (secondary N) is 1. The van der Waals surface area contributed by atoms with Crippen molar-refractivity contribution in [3.8, 4) is 0 Å². The Kier molecular flexibility index (Phi) is 3.18. The quantitative estimate of drug-likeness (QED) is 0.871. The zero-order valence-corrected chi connectivity index (χ0v) is 9.83. The molecule has 0 spiro atoms. The third-order valence-corrected chi connectivity index (χ3v) is 3.18. The molecule has 1 fully saturated rings. The smallest absolute Gasteiger partial charge is 0.394 e. The molecule has 1 saturated carbocycles. The van der Waals surface area contributed by atoms with Crippen LogP contribution in [0.2, 0.25) is 0 Å². The van der Waals surface area contributed by atoms with Gasteiger partial charge in [0.05, 0.1) is 12.1 Å². The lowest BCUT2D eigenvalue weighted by molar-refractivity contribution is -0.141. The molecule has 1 atom stereocenters. The fourth-order valence-electron chi connectivity index (χ4n) is 1.83. The Bertz CT molecular complexity index is 417. The Hall–Kier alpha value is -1.37. The first-order valence-electron chi connectivity index (χ1n) is 5.65. The molecule has 0 bridgehead atoms. The maximum absolute atomic E-state index is 12.3. The number of hydrogen-bond acceptors (Lipinski definition) is 4. The highest BCUT2D eigenvalue weighted by atomic mass is 19.4. The summed E-state index contributed by atoms with van der Waals surface area (Å²) in [6.07, 6.45) is -2.49. The van der Waals surface area contributed by atoms with Crippen molar-refractivity contribution in [2.75, 3.05) is 11.9 Å². The van der Waals surface area contributed by atoms with Gasteiger partial charge in [0, 0.05) is 0 Å². The van der Waals surface area contributed by atoms with Crippen molar-refractivity contribution in [1.82, 2.24) is 10.2 Å². The summed E-state index contributed by atoms with van der Waals surface area (Å²) >= 11 is 0. The van der Waals surface area contributed by atoms with Gasteiger partial charge >= 0.3 is 6.18 Å². The maximum atomic E-state index is 12.3. The number of nitrogens with zero attached hydrogens (tertiary/aromatic N) is 2. The van der Waals surface area contributed by atoms with Gasteiger partial charge in [-0.15, -0.1) is 10.2 Å². The van der Waals surface area contributed by atoms with Gasteiger partial charge in [-0.25, -0.2) is 0 Å². The number of anilines is 1. The van der Waals surface area contributed by atoms with E-state index in [1.54, 1.807) is 0 Å². The van der Waals surface area contributed by atoms with E-state index in [4.69, 9.17) is 0 Å². The van der Waals surface area contributed by atoms with E-state index >= 15 is 0 Å². The molecule has 0 radical (unpaired) electrons. The largest absolute Gasteiger partial charge is 0.435 e. The number of aliphatic hydroxyl groups excluding tert-OH is 1. The van der Waals surface area contributed by atoms with Crippen molar-refractivity contribution in [1.29, 1.82) is 0 Å². The van der Waals surface area contributed by atoms with Crippen molar-refractivity contribution in [2.45, 2.75) is 31.5 Å². The maximum Gasteiger partial charge on any atom is 0.435 e. The Morgan fingerprint density at radius 2 is 2.00 bits per heavy atom. The van der Waals surface area contributed by atoms with Crippen LogP contribution in [0.1, 0.15) is 25.5 Å². The molecule has 4 nitrogen and oxygen atoms in total. The standard InChI is InChI=1S/C11H14F3N3O/c1-10(6-18,7-2-3-7)15-9-5-4-8(16-17-9)11(12,13)14/h4-5,7,18H,2-3,6H2,1H3,(H,15,17). The molecule has 100 valence electrons. The molecule has 0 aromatic carbocycles. The third-order valence-electron chi connectivity index (χ3n) is 3.18. The zero-order valence-electron chi connectivity index (χ0n) is 9.83. The van der Waals surface area contributed by atoms with Crippen molar-refractivity contribution >= 4 is 5.82 Å². The van der Waals surface area contributed by atoms with Crippen molar-refractivity contribution in [2.24, 2.45) is 5.92 Å². The van der Waals surface area contributed by atoms with Gasteiger partial charge in [-0.3, -0.25) is 0 Å². The molecular weight excluding hydrogens is 247 g/mol. The second-order valence-electron chi connectivity index (χ2n) is 4.78. The van der Waals surface area contributed by atoms with Gasteiger partial charge in [0.1, 0.15) is 5.82 Å². The Labute approximate surface area is 102 Å². The first kappa shape index (κ1) is 13.1. The molecule has 1 unspecified atom stereocenters. The fourth-order valence-corrected chi connectivity index (χ4v) is 1.83. The fraction of sp³-hybridized carbons (Fsp3) is 0.636. The van der Waals surface area contributed by atoms with Crippen LogP contribution in [0.3, 0.4) is 0 Å². The van der Waals surface area contributed by atoms with Crippen molar-refractivity contribution < 1.29 is 18.3 Å². The monoisotopic (exact) mass is 261 g/mol. The second-order valence-corrected chi connectivity index (χ2v) is 4.78. The van der Waals surface area contributed by atoms with Gasteiger partial charge in [-0.2, -0.15) is 13.2 Å². The van der Waals surface area contributed by atoms with E-state index in [9.17, 15) is 18.3 Å². The van der Waals surface area contributed by atoms with E-state index in [-0.39, 0.29) is 12.4 Å². The van der Waals surface area contributed by atoms with Gasteiger partial charge in [-0.05, 0) is 37.8 Å². The van der Waals surface area contributed by atoms with Crippen LogP contribution < -0.4 is 5.32 Å². The summed E-state index contributed by atoms with van der Waals surface area (Å²) < 4.78 is 36.9. The van der Waals surface area contributed by atoms with Gasteiger partial charge in [0.25, 0.3) is 0 Å². The van der Waals surface area contributed by atoms with Gasteiger partial charge in [0.2, 0.25) is 0 Å². The predicted octanol–water partition coefficient (Wildman–Crippen LogP) is 2.07. The van der Waals surface area contributed by atoms with Gasteiger partial charge in [-0.1, -0.05) is 0 Å². The van der Waals surface area contributed by atoms with Gasteiger partial charge in [0.15, 0.2) is 5.69 Å². The van der Waals surface area contributed by atoms with Crippen LogP contribution in [0.5, 0.6) is 0 Å². The summed E-state index contributed by atoms with van der Waals surface area (Å²) in [4.78, 5) is 0. The van der Waals surface area contributed by atoms with Crippen molar-refractivity contribution in [3.05, 3.63) is 17.8 Å². The van der Waals surface area contributed by atoms with Crippen molar-refractivity contribution in [3.63, 3.8) is 0 Å². The molecule has 1 aromatic rings. The lowest BCUT2D eigenvalue weighted by Gasteiger charge is -2.29. The number of hydrogen-bond donors (Lipinski definition) is 2. The minimum absolute atomic E-state index is 0.0969. The average Bonchev–Trinajstić information content (AvgIpc) is 3.12. The molecule has 2 N–H and O–H groups in total. The number of halogens is 3.